The second-order valence-corrected chi connectivity index (χ2v) is 6.84. The third-order valence-electron chi connectivity index (χ3n) is 4.94. The predicted octanol–water partition coefficient (Wildman–Crippen LogP) is 2.28. The van der Waals surface area contributed by atoms with E-state index in [0.717, 1.165) is 25.1 Å². The third kappa shape index (κ3) is 4.02. The molecule has 2 amide bonds. The number of carbonyl (C=O) groups excluding carboxylic acids is 1. The molecule has 1 saturated carbocycles. The van der Waals surface area contributed by atoms with E-state index in [-0.39, 0.29) is 18.2 Å². The molecule has 0 spiro atoms. The van der Waals surface area contributed by atoms with E-state index in [4.69, 9.17) is 4.74 Å². The first-order valence-electron chi connectivity index (χ1n) is 9.04. The highest BCUT2D eigenvalue weighted by Crippen LogP contribution is 2.38. The predicted molar refractivity (Wildman–Crippen MR) is 94.7 cm³/mol. The molecule has 2 atom stereocenters. The van der Waals surface area contributed by atoms with Crippen LogP contribution in [0, 0.1) is 5.92 Å². The van der Waals surface area contributed by atoms with Crippen LogP contribution in [0.2, 0.25) is 0 Å². The number of nitrogens with one attached hydrogen (secondary N) is 2. The molecule has 4 rings (SSSR count). The van der Waals surface area contributed by atoms with Gasteiger partial charge in [0.15, 0.2) is 0 Å². The Labute approximate surface area is 147 Å². The number of carbonyl (C=O) groups is 1. The third-order valence-corrected chi connectivity index (χ3v) is 4.94. The molecule has 1 aromatic heterocycles. The summed E-state index contributed by atoms with van der Waals surface area (Å²) in [6, 6.07) is 10.2. The van der Waals surface area contributed by atoms with Crippen LogP contribution in [-0.2, 0) is 11.2 Å². The van der Waals surface area contributed by atoms with Crippen molar-refractivity contribution in [2.75, 3.05) is 13.2 Å². The largest absolute Gasteiger partial charge is 0.376 e. The van der Waals surface area contributed by atoms with Crippen LogP contribution in [0.3, 0.4) is 0 Å². The molecule has 1 aliphatic heterocycles. The molecule has 1 saturated heterocycles. The van der Waals surface area contributed by atoms with Gasteiger partial charge in [-0.1, -0.05) is 12.1 Å². The minimum atomic E-state index is -0.0886. The average molecular weight is 340 g/mol. The van der Waals surface area contributed by atoms with Crippen molar-refractivity contribution < 1.29 is 9.53 Å². The molecule has 1 aliphatic carbocycles. The highest BCUT2D eigenvalue weighted by molar-refractivity contribution is 5.74. The lowest BCUT2D eigenvalue weighted by Gasteiger charge is -2.19. The molecular weight excluding hydrogens is 316 g/mol. The summed E-state index contributed by atoms with van der Waals surface area (Å²) in [5.74, 6) is 0.654. The fourth-order valence-corrected chi connectivity index (χ4v) is 3.43. The van der Waals surface area contributed by atoms with Crippen LogP contribution in [-0.4, -0.2) is 41.1 Å². The van der Waals surface area contributed by atoms with Crippen LogP contribution in [0.1, 0.15) is 24.8 Å². The number of urea groups is 1. The first-order chi connectivity index (χ1) is 12.3. The number of aromatic nitrogens is 2. The van der Waals surface area contributed by atoms with Gasteiger partial charge in [-0.25, -0.2) is 9.48 Å². The van der Waals surface area contributed by atoms with Gasteiger partial charge in [-0.2, -0.15) is 5.10 Å². The molecule has 6 heteroatoms. The molecule has 2 aliphatic rings. The molecule has 2 aromatic rings. The number of amides is 2. The van der Waals surface area contributed by atoms with Crippen molar-refractivity contribution in [2.45, 2.75) is 37.8 Å². The fraction of sp³-hybridized carbons (Fsp3) is 0.474. The summed E-state index contributed by atoms with van der Waals surface area (Å²) in [7, 11) is 0. The highest BCUT2D eigenvalue weighted by atomic mass is 16.5. The second-order valence-electron chi connectivity index (χ2n) is 6.84. The van der Waals surface area contributed by atoms with Crippen LogP contribution in [0.4, 0.5) is 4.79 Å². The Balaban J connectivity index is 1.21. The summed E-state index contributed by atoms with van der Waals surface area (Å²) in [5, 5.41) is 10.2. The quantitative estimate of drug-likeness (QED) is 0.848. The summed E-state index contributed by atoms with van der Waals surface area (Å²) >= 11 is 0. The van der Waals surface area contributed by atoms with Crippen molar-refractivity contribution in [2.24, 2.45) is 5.92 Å². The lowest BCUT2D eigenvalue weighted by molar-refractivity contribution is 0.0825. The van der Waals surface area contributed by atoms with Crippen molar-refractivity contribution in [3.05, 3.63) is 48.3 Å². The summed E-state index contributed by atoms with van der Waals surface area (Å²) < 4.78 is 7.59. The van der Waals surface area contributed by atoms with Gasteiger partial charge in [-0.3, -0.25) is 0 Å². The number of nitrogens with zero attached hydrogens (tertiary/aromatic N) is 2. The SMILES string of the molecule is O=C(NCCc1ccc(-n2cccn2)cc1)N[C@H]1CCO[C@@H]1C1CC1. The molecule has 0 bridgehead atoms. The van der Waals surface area contributed by atoms with Gasteiger partial charge in [0, 0.05) is 25.5 Å². The number of hydrogen-bond acceptors (Lipinski definition) is 3. The molecule has 2 fully saturated rings. The van der Waals surface area contributed by atoms with Crippen molar-refractivity contribution in [3.8, 4) is 5.69 Å². The Bertz CT molecular complexity index is 695. The zero-order valence-corrected chi connectivity index (χ0v) is 14.2. The zero-order valence-electron chi connectivity index (χ0n) is 14.2. The Morgan fingerprint density at radius 1 is 1.24 bits per heavy atom. The van der Waals surface area contributed by atoms with Gasteiger partial charge in [0.25, 0.3) is 0 Å². The summed E-state index contributed by atoms with van der Waals surface area (Å²) in [6.07, 6.45) is 8.10. The highest BCUT2D eigenvalue weighted by Gasteiger charge is 2.41. The summed E-state index contributed by atoms with van der Waals surface area (Å²) in [4.78, 5) is 12.1. The fourth-order valence-electron chi connectivity index (χ4n) is 3.43. The zero-order chi connectivity index (χ0) is 17.1. The maximum atomic E-state index is 12.1. The minimum Gasteiger partial charge on any atom is -0.376 e. The van der Waals surface area contributed by atoms with Crippen LogP contribution < -0.4 is 10.6 Å². The van der Waals surface area contributed by atoms with Crippen LogP contribution >= 0.6 is 0 Å². The molecule has 0 radical (unpaired) electrons. The lowest BCUT2D eigenvalue weighted by Crippen LogP contribution is -2.46. The van der Waals surface area contributed by atoms with Gasteiger partial charge in [0.1, 0.15) is 0 Å². The molecule has 132 valence electrons. The van der Waals surface area contributed by atoms with E-state index in [1.165, 1.54) is 18.4 Å². The molecule has 25 heavy (non-hydrogen) atoms. The average Bonchev–Trinajstić information content (AvgIpc) is 3.12. The van der Waals surface area contributed by atoms with Crippen LogP contribution in [0.25, 0.3) is 5.69 Å². The first kappa shape index (κ1) is 16.1. The number of benzene rings is 1. The Kier molecular flexibility index (Phi) is 4.70. The summed E-state index contributed by atoms with van der Waals surface area (Å²) in [5.41, 5.74) is 2.23. The van der Waals surface area contributed by atoms with Gasteiger partial charge in [-0.05, 0) is 55.4 Å². The van der Waals surface area contributed by atoms with Gasteiger partial charge >= 0.3 is 6.03 Å². The number of hydrogen-bond donors (Lipinski definition) is 2. The van der Waals surface area contributed by atoms with Crippen molar-refractivity contribution in [1.29, 1.82) is 0 Å². The standard InChI is InChI=1S/C19H24N4O2/c24-19(22-17-9-13-25-18(17)15-4-5-15)20-11-8-14-2-6-16(7-3-14)23-12-1-10-21-23/h1-3,6-7,10,12,15,17-18H,4-5,8-9,11,13H2,(H2,20,22,24)/t17-,18+/m0/s1. The van der Waals surface area contributed by atoms with Crippen molar-refractivity contribution in [3.63, 3.8) is 0 Å². The van der Waals surface area contributed by atoms with Gasteiger partial charge in [0.05, 0.1) is 17.8 Å². The van der Waals surface area contributed by atoms with E-state index >= 15 is 0 Å². The number of ether oxygens (including phenoxy) is 1. The van der Waals surface area contributed by atoms with Crippen molar-refractivity contribution in [1.82, 2.24) is 20.4 Å². The van der Waals surface area contributed by atoms with E-state index in [1.54, 1.807) is 6.20 Å². The smallest absolute Gasteiger partial charge is 0.315 e. The molecule has 1 aromatic carbocycles. The Morgan fingerprint density at radius 3 is 2.80 bits per heavy atom. The van der Waals surface area contributed by atoms with E-state index in [1.807, 2.05) is 29.1 Å². The van der Waals surface area contributed by atoms with Crippen molar-refractivity contribution >= 4 is 6.03 Å². The van der Waals surface area contributed by atoms with E-state index < -0.39 is 0 Å². The normalized spacial score (nSPS) is 22.7. The van der Waals surface area contributed by atoms with Gasteiger partial charge in [-0.15, -0.1) is 0 Å². The monoisotopic (exact) mass is 340 g/mol. The maximum absolute atomic E-state index is 12.1. The first-order valence-corrected chi connectivity index (χ1v) is 9.04. The van der Waals surface area contributed by atoms with E-state index in [2.05, 4.69) is 27.9 Å². The van der Waals surface area contributed by atoms with E-state index in [0.29, 0.717) is 12.5 Å². The second kappa shape index (κ2) is 7.27. The molecular formula is C19H24N4O2. The minimum absolute atomic E-state index is 0.0886. The molecule has 6 nitrogen and oxygen atoms in total. The maximum Gasteiger partial charge on any atom is 0.315 e. The number of rotatable bonds is 6. The summed E-state index contributed by atoms with van der Waals surface area (Å²) in [6.45, 7) is 1.38. The van der Waals surface area contributed by atoms with Crippen LogP contribution in [0.5, 0.6) is 0 Å². The van der Waals surface area contributed by atoms with Crippen LogP contribution in [0.15, 0.2) is 42.7 Å². The molecule has 0 unspecified atom stereocenters. The van der Waals surface area contributed by atoms with Gasteiger partial charge < -0.3 is 15.4 Å². The Hall–Kier alpha value is -2.34. The van der Waals surface area contributed by atoms with E-state index in [9.17, 15) is 4.79 Å². The lowest BCUT2D eigenvalue weighted by atomic mass is 10.1. The van der Waals surface area contributed by atoms with Gasteiger partial charge in [0.2, 0.25) is 0 Å². The molecule has 2 heterocycles. The topological polar surface area (TPSA) is 68.2 Å². The Morgan fingerprint density at radius 2 is 2.08 bits per heavy atom. The molecule has 2 N–H and O–H groups in total.